The Kier molecular flexibility index (Phi) is 2.68. The van der Waals surface area contributed by atoms with Crippen LogP contribution in [0.4, 0.5) is 0 Å². The van der Waals surface area contributed by atoms with Gasteiger partial charge < -0.3 is 10.3 Å². The normalized spacial score (nSPS) is 21.1. The number of rotatable bonds is 3. The van der Waals surface area contributed by atoms with Crippen LogP contribution in [0.3, 0.4) is 0 Å². The van der Waals surface area contributed by atoms with Crippen molar-refractivity contribution in [3.05, 3.63) is 12.0 Å². The first-order valence-corrected chi connectivity index (χ1v) is 6.26. The number of nitrogens with zero attached hydrogens (tertiary/aromatic N) is 1. The van der Waals surface area contributed by atoms with Crippen LogP contribution >= 0.6 is 0 Å². The molecule has 2 rings (SSSR count). The van der Waals surface area contributed by atoms with E-state index in [1.165, 1.54) is 6.20 Å². The summed E-state index contributed by atoms with van der Waals surface area (Å²) in [5, 5.41) is 2.58. The Hall–Kier alpha value is -1.41. The van der Waals surface area contributed by atoms with E-state index in [1.54, 1.807) is 6.92 Å². The zero-order valence-corrected chi connectivity index (χ0v) is 9.47. The van der Waals surface area contributed by atoms with Crippen molar-refractivity contribution in [1.82, 2.24) is 20.0 Å². The minimum absolute atomic E-state index is 0.0179. The van der Waals surface area contributed by atoms with E-state index in [4.69, 9.17) is 0 Å². The van der Waals surface area contributed by atoms with E-state index < -0.39 is 10.0 Å². The van der Waals surface area contributed by atoms with Crippen LogP contribution in [0.15, 0.2) is 11.2 Å². The minimum Gasteiger partial charge on any atom is -0.354 e. The molecule has 0 spiro atoms. The molecule has 2 heterocycles. The number of amides is 1. The lowest BCUT2D eigenvalue weighted by atomic mass is 10.3. The molecule has 1 aromatic heterocycles. The Morgan fingerprint density at radius 1 is 1.56 bits per heavy atom. The first kappa shape index (κ1) is 11.1. The number of nitrogens with one attached hydrogen (secondary N) is 3. The van der Waals surface area contributed by atoms with Crippen LogP contribution in [-0.2, 0) is 14.8 Å². The van der Waals surface area contributed by atoms with Crippen LogP contribution in [-0.4, -0.2) is 36.9 Å². The molecule has 0 saturated carbocycles. The van der Waals surface area contributed by atoms with Gasteiger partial charge in [-0.1, -0.05) is 0 Å². The second-order valence-corrected chi connectivity index (χ2v) is 5.34. The second-order valence-electron chi connectivity index (χ2n) is 3.66. The molecule has 1 amide bonds. The summed E-state index contributed by atoms with van der Waals surface area (Å²) < 4.78 is 26.0. The highest BCUT2D eigenvalue weighted by Gasteiger charge is 2.27. The summed E-state index contributed by atoms with van der Waals surface area (Å²) in [5.74, 6) is 0.384. The van der Waals surface area contributed by atoms with Gasteiger partial charge in [0.25, 0.3) is 10.0 Å². The lowest BCUT2D eigenvalue weighted by Crippen LogP contribution is -2.36. The third-order valence-electron chi connectivity index (χ3n) is 2.27. The smallest absolute Gasteiger partial charge is 0.257 e. The number of H-pyrrole nitrogens is 1. The molecule has 88 valence electrons. The van der Waals surface area contributed by atoms with Crippen LogP contribution in [0.1, 0.15) is 12.2 Å². The molecule has 1 aliphatic heterocycles. The number of aryl methyl sites for hydroxylation is 1. The van der Waals surface area contributed by atoms with Gasteiger partial charge in [0.2, 0.25) is 5.91 Å². The molecule has 1 aliphatic rings. The third-order valence-corrected chi connectivity index (χ3v) is 3.70. The summed E-state index contributed by atoms with van der Waals surface area (Å²) in [5.41, 5.74) is 0. The highest BCUT2D eigenvalue weighted by molar-refractivity contribution is 7.89. The van der Waals surface area contributed by atoms with E-state index in [0.717, 1.165) is 0 Å². The molecule has 1 saturated heterocycles. The molecule has 16 heavy (non-hydrogen) atoms. The third kappa shape index (κ3) is 2.22. The molecule has 1 fully saturated rings. The number of hydrogen-bond donors (Lipinski definition) is 3. The van der Waals surface area contributed by atoms with Gasteiger partial charge in [0.05, 0.1) is 6.20 Å². The number of aromatic nitrogens is 2. The average molecular weight is 244 g/mol. The van der Waals surface area contributed by atoms with Gasteiger partial charge in [-0.15, -0.1) is 0 Å². The summed E-state index contributed by atoms with van der Waals surface area (Å²) in [4.78, 5) is 17.4. The molecule has 0 aliphatic carbocycles. The van der Waals surface area contributed by atoms with E-state index in [2.05, 4.69) is 20.0 Å². The molecule has 3 N–H and O–H groups in total. The number of hydrogen-bond acceptors (Lipinski definition) is 4. The average Bonchev–Trinajstić information content (AvgIpc) is 2.75. The Bertz CT molecular complexity index is 507. The minimum atomic E-state index is -3.61. The van der Waals surface area contributed by atoms with E-state index in [9.17, 15) is 13.2 Å². The van der Waals surface area contributed by atoms with Gasteiger partial charge in [-0.2, -0.15) is 0 Å². The molecule has 0 aromatic carbocycles. The molecule has 1 unspecified atom stereocenters. The van der Waals surface area contributed by atoms with E-state index in [0.29, 0.717) is 12.4 Å². The zero-order valence-electron chi connectivity index (χ0n) is 8.65. The topological polar surface area (TPSA) is 104 Å². The van der Waals surface area contributed by atoms with Gasteiger partial charge in [0, 0.05) is 19.0 Å². The van der Waals surface area contributed by atoms with E-state index in [1.807, 2.05) is 0 Å². The highest BCUT2D eigenvalue weighted by atomic mass is 32.2. The summed E-state index contributed by atoms with van der Waals surface area (Å²) in [7, 11) is -3.61. The van der Waals surface area contributed by atoms with E-state index >= 15 is 0 Å². The van der Waals surface area contributed by atoms with Gasteiger partial charge in [-0.3, -0.25) is 4.79 Å². The maximum Gasteiger partial charge on any atom is 0.257 e. The largest absolute Gasteiger partial charge is 0.354 e. The van der Waals surface area contributed by atoms with Crippen molar-refractivity contribution < 1.29 is 13.2 Å². The molecule has 8 heteroatoms. The maximum atomic E-state index is 11.8. The van der Waals surface area contributed by atoms with E-state index in [-0.39, 0.29) is 23.4 Å². The van der Waals surface area contributed by atoms with Crippen molar-refractivity contribution in [2.45, 2.75) is 24.4 Å². The van der Waals surface area contributed by atoms with Crippen molar-refractivity contribution in [1.29, 1.82) is 0 Å². The molecule has 0 bridgehead atoms. The quantitative estimate of drug-likeness (QED) is 0.626. The molecule has 7 nitrogen and oxygen atoms in total. The molecular formula is C8H12N4O3S. The molecule has 0 radical (unpaired) electrons. The van der Waals surface area contributed by atoms with Crippen molar-refractivity contribution in [2.75, 3.05) is 6.54 Å². The van der Waals surface area contributed by atoms with Gasteiger partial charge in [0.1, 0.15) is 5.82 Å². The van der Waals surface area contributed by atoms with Crippen molar-refractivity contribution in [2.24, 2.45) is 0 Å². The predicted molar refractivity (Wildman–Crippen MR) is 55.1 cm³/mol. The number of carbonyl (C=O) groups is 1. The highest BCUT2D eigenvalue weighted by Crippen LogP contribution is 2.08. The molecular weight excluding hydrogens is 232 g/mol. The summed E-state index contributed by atoms with van der Waals surface area (Å²) >= 11 is 0. The zero-order chi connectivity index (χ0) is 11.8. The van der Waals surface area contributed by atoms with Crippen LogP contribution in [0.2, 0.25) is 0 Å². The van der Waals surface area contributed by atoms with Gasteiger partial charge in [-0.25, -0.2) is 18.1 Å². The first-order chi connectivity index (χ1) is 7.47. The summed E-state index contributed by atoms with van der Waals surface area (Å²) in [6.07, 6.45) is 1.42. The summed E-state index contributed by atoms with van der Waals surface area (Å²) in [6.45, 7) is 1.99. The second kappa shape index (κ2) is 3.87. The monoisotopic (exact) mass is 244 g/mol. The fraction of sp³-hybridized carbons (Fsp3) is 0.500. The number of carbonyl (C=O) groups excluding carboxylic acids is 1. The number of aromatic amines is 1. The van der Waals surface area contributed by atoms with Crippen LogP contribution in [0.25, 0.3) is 0 Å². The van der Waals surface area contributed by atoms with Gasteiger partial charge in [0.15, 0.2) is 5.03 Å². The maximum absolute atomic E-state index is 11.8. The Morgan fingerprint density at radius 3 is 2.81 bits per heavy atom. The number of sulfonamides is 1. The Labute approximate surface area is 92.7 Å². The van der Waals surface area contributed by atoms with Crippen LogP contribution in [0.5, 0.6) is 0 Å². The Morgan fingerprint density at radius 2 is 2.31 bits per heavy atom. The van der Waals surface area contributed by atoms with Gasteiger partial charge in [-0.05, 0) is 6.92 Å². The summed E-state index contributed by atoms with van der Waals surface area (Å²) in [6, 6.07) is -0.388. The van der Waals surface area contributed by atoms with Crippen molar-refractivity contribution >= 4 is 15.9 Å². The predicted octanol–water partition coefficient (Wildman–Crippen LogP) is -1.12. The van der Waals surface area contributed by atoms with Gasteiger partial charge >= 0.3 is 0 Å². The van der Waals surface area contributed by atoms with Crippen molar-refractivity contribution in [3.63, 3.8) is 0 Å². The SMILES string of the molecule is Cc1ncc(S(=O)(=O)NC2CNC(=O)C2)[nH]1. The van der Waals surface area contributed by atoms with Crippen LogP contribution < -0.4 is 10.0 Å². The Balaban J connectivity index is 2.12. The fourth-order valence-corrected chi connectivity index (χ4v) is 2.71. The fourth-order valence-electron chi connectivity index (χ4n) is 1.51. The standard InChI is InChI=1S/C8H12N4O3S/c1-5-9-4-8(11-5)16(14,15)12-6-2-7(13)10-3-6/h4,6,12H,2-3H2,1H3,(H,9,11)(H,10,13). The lowest BCUT2D eigenvalue weighted by molar-refractivity contribution is -0.119. The molecule has 1 aromatic rings. The lowest BCUT2D eigenvalue weighted by Gasteiger charge is -2.09. The molecule has 1 atom stereocenters. The van der Waals surface area contributed by atoms with Crippen molar-refractivity contribution in [3.8, 4) is 0 Å². The first-order valence-electron chi connectivity index (χ1n) is 4.78. The number of imidazole rings is 1. The van der Waals surface area contributed by atoms with Crippen LogP contribution in [0, 0.1) is 6.92 Å².